The van der Waals surface area contributed by atoms with Gasteiger partial charge in [-0.1, -0.05) is 50.8 Å². The van der Waals surface area contributed by atoms with E-state index in [4.69, 9.17) is 24.1 Å². The summed E-state index contributed by atoms with van der Waals surface area (Å²) in [6.07, 6.45) is -1.60. The number of fused-ring (bicyclic) bond motifs is 2. The highest BCUT2D eigenvalue weighted by atomic mass is 16.6. The molecule has 55 heavy (non-hydrogen) atoms. The molecule has 5 N–H and O–H groups in total. The summed E-state index contributed by atoms with van der Waals surface area (Å²) in [7, 11) is 1.37. The van der Waals surface area contributed by atoms with Crippen LogP contribution in [0.3, 0.4) is 0 Å². The standard InChI is InChI=1S/C38H47N5O12/c1-7-14-54-37(50)41-32(21(2)3)34(47)39-23(5)33(46)40-25-12-10-24(11-13-25)20-55-38(51)43-27-18-30(53-15-8-9-31(44)45)29(52-6)17-26(27)35(48)42-19-22(4)16-28(42)36(43)49/h7,10-13,17-18,21,23,28,32,36,49H,1,4,8-9,14-16,19-20H2,2-3,5-6H3,(H,39,47)(H,40,46)(H,41,50)(H,44,45)/t23?,28-,32?,36-/m0/s1. The monoisotopic (exact) mass is 765 g/mol. The first kappa shape index (κ1) is 41.7. The molecule has 1 saturated heterocycles. The highest BCUT2D eigenvalue weighted by Gasteiger charge is 2.46. The molecule has 0 bridgehead atoms. The summed E-state index contributed by atoms with van der Waals surface area (Å²) in [6, 6.07) is 6.39. The number of nitrogens with one attached hydrogen (secondary N) is 3. The molecule has 2 aliphatic rings. The van der Waals surface area contributed by atoms with E-state index in [1.165, 1.54) is 37.1 Å². The lowest BCUT2D eigenvalue weighted by molar-refractivity contribution is -0.137. The molecule has 4 rings (SSSR count). The van der Waals surface area contributed by atoms with Crippen LogP contribution in [0.1, 0.15) is 56.0 Å². The highest BCUT2D eigenvalue weighted by Crippen LogP contribution is 2.42. The molecule has 2 aromatic rings. The fourth-order valence-corrected chi connectivity index (χ4v) is 5.95. The molecular weight excluding hydrogens is 718 g/mol. The minimum Gasteiger partial charge on any atom is -0.493 e. The zero-order valence-electron chi connectivity index (χ0n) is 31.2. The molecule has 0 aromatic heterocycles. The number of hydrogen-bond acceptors (Lipinski definition) is 11. The lowest BCUT2D eigenvalue weighted by Crippen LogP contribution is -2.53. The molecular formula is C38H47N5O12. The number of carbonyl (C=O) groups is 6. The number of ether oxygens (including phenoxy) is 4. The van der Waals surface area contributed by atoms with Crippen LogP contribution in [0.4, 0.5) is 21.0 Å². The topological polar surface area (TPSA) is 222 Å². The number of nitrogens with zero attached hydrogens (tertiary/aromatic N) is 2. The minimum atomic E-state index is -1.53. The van der Waals surface area contributed by atoms with E-state index in [0.29, 0.717) is 16.8 Å². The lowest BCUT2D eigenvalue weighted by atomic mass is 10.0. The molecule has 4 atom stereocenters. The Kier molecular flexibility index (Phi) is 14.2. The van der Waals surface area contributed by atoms with Crippen LogP contribution in [0, 0.1) is 5.92 Å². The molecule has 0 aliphatic carbocycles. The van der Waals surface area contributed by atoms with Crippen LogP contribution in [-0.2, 0) is 30.5 Å². The van der Waals surface area contributed by atoms with Gasteiger partial charge >= 0.3 is 18.2 Å². The normalized spacial score (nSPS) is 17.2. The summed E-state index contributed by atoms with van der Waals surface area (Å²) in [5.41, 5.74) is 1.67. The molecule has 2 unspecified atom stereocenters. The third kappa shape index (κ3) is 10.5. The maximum absolute atomic E-state index is 13.8. The number of rotatable bonds is 16. The maximum Gasteiger partial charge on any atom is 0.416 e. The first-order valence-corrected chi connectivity index (χ1v) is 17.6. The van der Waals surface area contributed by atoms with Gasteiger partial charge in [-0.3, -0.25) is 19.2 Å². The first-order chi connectivity index (χ1) is 26.1. The van der Waals surface area contributed by atoms with E-state index in [1.54, 1.807) is 38.1 Å². The van der Waals surface area contributed by atoms with Gasteiger partial charge in [0.2, 0.25) is 11.8 Å². The van der Waals surface area contributed by atoms with Gasteiger partial charge in [0, 0.05) is 24.7 Å². The van der Waals surface area contributed by atoms with E-state index in [-0.39, 0.29) is 74.3 Å². The average molecular weight is 766 g/mol. The molecule has 2 aromatic carbocycles. The number of carboxylic acids is 1. The summed E-state index contributed by atoms with van der Waals surface area (Å²) >= 11 is 0. The van der Waals surface area contributed by atoms with Crippen molar-refractivity contribution in [3.8, 4) is 11.5 Å². The lowest BCUT2D eigenvalue weighted by Gasteiger charge is -2.31. The first-order valence-electron chi connectivity index (χ1n) is 17.6. The number of aliphatic hydroxyl groups is 1. The minimum absolute atomic E-state index is 0.00570. The molecule has 17 nitrogen and oxygen atoms in total. The van der Waals surface area contributed by atoms with Gasteiger partial charge in [-0.2, -0.15) is 0 Å². The Hall–Kier alpha value is -6.10. The summed E-state index contributed by atoms with van der Waals surface area (Å²) < 4.78 is 21.8. The van der Waals surface area contributed by atoms with E-state index in [9.17, 15) is 33.9 Å². The van der Waals surface area contributed by atoms with E-state index in [1.807, 2.05) is 0 Å². The smallest absolute Gasteiger partial charge is 0.416 e. The molecule has 5 amide bonds. The van der Waals surface area contributed by atoms with E-state index in [2.05, 4.69) is 29.1 Å². The number of aliphatic hydroxyl groups excluding tert-OH is 1. The van der Waals surface area contributed by atoms with Crippen LogP contribution in [0.15, 0.2) is 61.2 Å². The molecule has 0 radical (unpaired) electrons. The van der Waals surface area contributed by atoms with Crippen molar-refractivity contribution in [1.29, 1.82) is 0 Å². The van der Waals surface area contributed by atoms with Crippen LogP contribution in [0.25, 0.3) is 0 Å². The van der Waals surface area contributed by atoms with Crippen molar-refractivity contribution in [2.45, 2.75) is 71.0 Å². The number of anilines is 2. The third-order valence-electron chi connectivity index (χ3n) is 8.81. The Morgan fingerprint density at radius 1 is 1.02 bits per heavy atom. The van der Waals surface area contributed by atoms with Crippen molar-refractivity contribution in [3.05, 3.63) is 72.3 Å². The Balaban J connectivity index is 1.44. The molecule has 0 saturated carbocycles. The van der Waals surface area contributed by atoms with Crippen molar-refractivity contribution in [1.82, 2.24) is 15.5 Å². The van der Waals surface area contributed by atoms with Crippen molar-refractivity contribution in [2.75, 3.05) is 37.1 Å². The van der Waals surface area contributed by atoms with Gasteiger partial charge in [0.25, 0.3) is 5.91 Å². The molecule has 2 aliphatic heterocycles. The summed E-state index contributed by atoms with van der Waals surface area (Å²) in [5.74, 6) is -2.56. The number of methoxy groups -OCH3 is 1. The Labute approximate surface area is 318 Å². The Bertz CT molecular complexity index is 1800. The molecule has 0 spiro atoms. The highest BCUT2D eigenvalue weighted by molar-refractivity contribution is 6.06. The fourth-order valence-electron chi connectivity index (χ4n) is 5.95. The maximum atomic E-state index is 13.8. The van der Waals surface area contributed by atoms with Crippen LogP contribution in [0.2, 0.25) is 0 Å². The second-order valence-electron chi connectivity index (χ2n) is 13.3. The quantitative estimate of drug-likeness (QED) is 0.122. The molecule has 2 heterocycles. The summed E-state index contributed by atoms with van der Waals surface area (Å²) in [5, 5.41) is 28.3. The average Bonchev–Trinajstić information content (AvgIpc) is 3.52. The van der Waals surface area contributed by atoms with Gasteiger partial charge in [0.05, 0.1) is 31.0 Å². The predicted octanol–water partition coefficient (Wildman–Crippen LogP) is 3.56. The summed E-state index contributed by atoms with van der Waals surface area (Å²) in [4.78, 5) is 78.7. The third-order valence-corrected chi connectivity index (χ3v) is 8.81. The van der Waals surface area contributed by atoms with Gasteiger partial charge in [-0.05, 0) is 49.4 Å². The van der Waals surface area contributed by atoms with Crippen LogP contribution in [-0.4, -0.2) is 102 Å². The van der Waals surface area contributed by atoms with Crippen LogP contribution < -0.4 is 30.3 Å². The fraction of sp³-hybridized carbons (Fsp3) is 0.421. The van der Waals surface area contributed by atoms with Crippen molar-refractivity contribution in [3.63, 3.8) is 0 Å². The number of carbonyl (C=O) groups excluding carboxylic acids is 5. The number of hydrogen-bond donors (Lipinski definition) is 5. The SMILES string of the molecule is C=CCOC(=O)NC(C(=O)NC(C)C(=O)Nc1ccc(COC(=O)N2c3cc(OCCCC(=O)O)c(OC)cc3C(=O)N3CC(=C)C[C@H]3[C@@H]2O)cc1)C(C)C. The van der Waals surface area contributed by atoms with Gasteiger partial charge in [-0.15, -0.1) is 0 Å². The van der Waals surface area contributed by atoms with Crippen LogP contribution in [0.5, 0.6) is 11.5 Å². The molecule has 1 fully saturated rings. The van der Waals surface area contributed by atoms with Crippen molar-refractivity contribution < 1.29 is 57.9 Å². The van der Waals surface area contributed by atoms with Crippen LogP contribution >= 0.6 is 0 Å². The van der Waals surface area contributed by atoms with E-state index < -0.39 is 60.2 Å². The number of amides is 5. The van der Waals surface area contributed by atoms with Gasteiger partial charge in [0.15, 0.2) is 17.7 Å². The van der Waals surface area contributed by atoms with E-state index >= 15 is 0 Å². The Morgan fingerprint density at radius 3 is 2.36 bits per heavy atom. The number of alkyl carbamates (subject to hydrolysis) is 1. The van der Waals surface area contributed by atoms with Gasteiger partial charge in [-0.25, -0.2) is 14.5 Å². The summed E-state index contributed by atoms with van der Waals surface area (Å²) in [6.45, 7) is 12.3. The number of aliphatic carboxylic acids is 1. The van der Waals surface area contributed by atoms with E-state index in [0.717, 1.165) is 4.90 Å². The second-order valence-corrected chi connectivity index (χ2v) is 13.3. The second kappa shape index (κ2) is 18.8. The number of benzene rings is 2. The van der Waals surface area contributed by atoms with Gasteiger partial charge in [0.1, 0.15) is 25.3 Å². The Morgan fingerprint density at radius 2 is 1.73 bits per heavy atom. The van der Waals surface area contributed by atoms with Crippen molar-refractivity contribution >= 4 is 47.3 Å². The zero-order valence-corrected chi connectivity index (χ0v) is 31.2. The largest absolute Gasteiger partial charge is 0.493 e. The molecule has 296 valence electrons. The van der Waals surface area contributed by atoms with Gasteiger partial charge < -0.3 is 50.0 Å². The molecule has 17 heteroatoms. The predicted molar refractivity (Wildman–Crippen MR) is 199 cm³/mol. The zero-order chi connectivity index (χ0) is 40.4. The number of carboxylic acid groups (broad SMARTS) is 1. The van der Waals surface area contributed by atoms with Crippen molar-refractivity contribution in [2.24, 2.45) is 5.92 Å².